The van der Waals surface area contributed by atoms with Crippen molar-refractivity contribution in [2.45, 2.75) is 0 Å². The first-order chi connectivity index (χ1) is 4.91. The molecule has 0 bridgehead atoms. The maximum absolute atomic E-state index is 8.40. The third-order valence-corrected chi connectivity index (χ3v) is 3.03. The molecule has 2 N–H and O–H groups in total. The SMILES string of the molecule is OCCSCCSCCO.S. The largest absolute Gasteiger partial charge is 0.396 e. The van der Waals surface area contributed by atoms with Crippen LogP contribution in [0.4, 0.5) is 0 Å². The van der Waals surface area contributed by atoms with Gasteiger partial charge in [0.05, 0.1) is 13.2 Å². The highest BCUT2D eigenvalue weighted by atomic mass is 32.2. The average Bonchev–Trinajstić information content (AvgIpc) is 1.97. The predicted octanol–water partition coefficient (Wildman–Crippen LogP) is 0.550. The van der Waals surface area contributed by atoms with E-state index in [4.69, 9.17) is 10.2 Å². The average molecular weight is 216 g/mol. The van der Waals surface area contributed by atoms with Crippen LogP contribution in [0.25, 0.3) is 0 Å². The van der Waals surface area contributed by atoms with Crippen molar-refractivity contribution >= 4 is 37.0 Å². The van der Waals surface area contributed by atoms with Gasteiger partial charge in [-0.15, -0.1) is 0 Å². The minimum Gasteiger partial charge on any atom is -0.396 e. The lowest BCUT2D eigenvalue weighted by Crippen LogP contribution is -1.93. The summed E-state index contributed by atoms with van der Waals surface area (Å²) in [4.78, 5) is 0. The van der Waals surface area contributed by atoms with Crippen LogP contribution in [0.3, 0.4) is 0 Å². The van der Waals surface area contributed by atoms with Crippen molar-refractivity contribution in [2.24, 2.45) is 0 Å². The van der Waals surface area contributed by atoms with Crippen molar-refractivity contribution in [3.63, 3.8) is 0 Å². The van der Waals surface area contributed by atoms with E-state index in [1.165, 1.54) is 0 Å². The molecular weight excluding hydrogens is 200 g/mol. The number of hydrogen-bond acceptors (Lipinski definition) is 4. The van der Waals surface area contributed by atoms with Gasteiger partial charge in [0.2, 0.25) is 0 Å². The topological polar surface area (TPSA) is 40.5 Å². The molecule has 0 saturated heterocycles. The van der Waals surface area contributed by atoms with Gasteiger partial charge in [0.25, 0.3) is 0 Å². The molecule has 0 spiro atoms. The molecule has 0 atom stereocenters. The highest BCUT2D eigenvalue weighted by molar-refractivity contribution is 8.02. The smallest absolute Gasteiger partial charge is 0.0521 e. The van der Waals surface area contributed by atoms with E-state index in [2.05, 4.69) is 0 Å². The van der Waals surface area contributed by atoms with Gasteiger partial charge in [-0.3, -0.25) is 0 Å². The lowest BCUT2D eigenvalue weighted by molar-refractivity contribution is 0.322. The van der Waals surface area contributed by atoms with Crippen LogP contribution in [0.1, 0.15) is 0 Å². The molecule has 0 aliphatic heterocycles. The first-order valence-corrected chi connectivity index (χ1v) is 5.60. The fraction of sp³-hybridized carbons (Fsp3) is 1.00. The van der Waals surface area contributed by atoms with E-state index in [0.29, 0.717) is 0 Å². The molecule has 5 heteroatoms. The van der Waals surface area contributed by atoms with Gasteiger partial charge in [0.1, 0.15) is 0 Å². The second-order valence-corrected chi connectivity index (χ2v) is 4.12. The zero-order valence-electron chi connectivity index (χ0n) is 6.45. The monoisotopic (exact) mass is 216 g/mol. The van der Waals surface area contributed by atoms with Crippen molar-refractivity contribution in [3.05, 3.63) is 0 Å². The minimum absolute atomic E-state index is 0. The van der Waals surface area contributed by atoms with Gasteiger partial charge in [0.15, 0.2) is 0 Å². The Kier molecular flexibility index (Phi) is 17.9. The summed E-state index contributed by atoms with van der Waals surface area (Å²) in [6.07, 6.45) is 0. The second kappa shape index (κ2) is 13.6. The predicted molar refractivity (Wildman–Crippen MR) is 59.2 cm³/mol. The minimum atomic E-state index is 0. The zero-order chi connectivity index (χ0) is 7.66. The Balaban J connectivity index is 0. The molecule has 0 saturated carbocycles. The van der Waals surface area contributed by atoms with Gasteiger partial charge in [0, 0.05) is 23.0 Å². The summed E-state index contributed by atoms with van der Waals surface area (Å²) in [6.45, 7) is 0.546. The van der Waals surface area contributed by atoms with E-state index >= 15 is 0 Å². The normalized spacial score (nSPS) is 9.27. The molecular formula is C6H16O2S3. The summed E-state index contributed by atoms with van der Waals surface area (Å²) < 4.78 is 0. The molecule has 0 rings (SSSR count). The first-order valence-electron chi connectivity index (χ1n) is 3.29. The van der Waals surface area contributed by atoms with Crippen LogP contribution in [0, 0.1) is 0 Å². The van der Waals surface area contributed by atoms with Crippen LogP contribution in [0.15, 0.2) is 0 Å². The Hall–Kier alpha value is 0.970. The summed E-state index contributed by atoms with van der Waals surface area (Å²) in [6, 6.07) is 0. The fourth-order valence-electron chi connectivity index (χ4n) is 0.451. The van der Waals surface area contributed by atoms with Gasteiger partial charge >= 0.3 is 0 Å². The van der Waals surface area contributed by atoms with Gasteiger partial charge in [-0.05, 0) is 0 Å². The van der Waals surface area contributed by atoms with Crippen LogP contribution in [-0.2, 0) is 0 Å². The first kappa shape index (κ1) is 14.5. The van der Waals surface area contributed by atoms with Crippen LogP contribution < -0.4 is 0 Å². The summed E-state index contributed by atoms with van der Waals surface area (Å²) in [5, 5.41) is 16.8. The molecule has 70 valence electrons. The van der Waals surface area contributed by atoms with Crippen molar-refractivity contribution in [3.8, 4) is 0 Å². The zero-order valence-corrected chi connectivity index (χ0v) is 9.09. The molecule has 2 nitrogen and oxygen atoms in total. The summed E-state index contributed by atoms with van der Waals surface area (Å²) in [5.74, 6) is 3.82. The van der Waals surface area contributed by atoms with Gasteiger partial charge in [-0.2, -0.15) is 37.0 Å². The summed E-state index contributed by atoms with van der Waals surface area (Å²) in [7, 11) is 0. The molecule has 0 aliphatic rings. The number of thioether (sulfide) groups is 2. The molecule has 0 aromatic heterocycles. The molecule has 0 radical (unpaired) electrons. The van der Waals surface area contributed by atoms with Crippen molar-refractivity contribution in [2.75, 3.05) is 36.2 Å². The lowest BCUT2D eigenvalue weighted by atomic mass is 10.9. The maximum Gasteiger partial charge on any atom is 0.0521 e. The van der Waals surface area contributed by atoms with Crippen molar-refractivity contribution < 1.29 is 10.2 Å². The van der Waals surface area contributed by atoms with E-state index in [1.54, 1.807) is 23.5 Å². The number of aliphatic hydroxyl groups is 2. The van der Waals surface area contributed by atoms with E-state index in [-0.39, 0.29) is 26.7 Å². The Labute approximate surface area is 83.6 Å². The summed E-state index contributed by atoms with van der Waals surface area (Å²) >= 11 is 3.50. The Morgan fingerprint density at radius 3 is 1.36 bits per heavy atom. The van der Waals surface area contributed by atoms with Crippen LogP contribution in [0.2, 0.25) is 0 Å². The highest BCUT2D eigenvalue weighted by Gasteiger charge is 1.88. The Morgan fingerprint density at radius 2 is 1.09 bits per heavy atom. The van der Waals surface area contributed by atoms with Gasteiger partial charge in [-0.1, -0.05) is 0 Å². The molecule has 0 aliphatic carbocycles. The number of hydrogen-bond donors (Lipinski definition) is 2. The van der Waals surface area contributed by atoms with E-state index in [1.807, 2.05) is 0 Å². The highest BCUT2D eigenvalue weighted by Crippen LogP contribution is 2.05. The van der Waals surface area contributed by atoms with Crippen LogP contribution in [0.5, 0.6) is 0 Å². The molecule has 11 heavy (non-hydrogen) atoms. The molecule has 0 fully saturated rings. The fourth-order valence-corrected chi connectivity index (χ4v) is 2.06. The number of rotatable bonds is 7. The van der Waals surface area contributed by atoms with Crippen LogP contribution >= 0.6 is 37.0 Å². The standard InChI is InChI=1S/C6H14O2S2.H2S/c7-1-3-9-5-6-10-4-2-8;/h7-8H,1-6H2;1H2. The lowest BCUT2D eigenvalue weighted by Gasteiger charge is -1.97. The third kappa shape index (κ3) is 13.9. The Bertz CT molecular complexity index is 55.8. The maximum atomic E-state index is 8.40. The van der Waals surface area contributed by atoms with Crippen molar-refractivity contribution in [1.82, 2.24) is 0 Å². The molecule has 0 amide bonds. The quantitative estimate of drug-likeness (QED) is 0.610. The van der Waals surface area contributed by atoms with Gasteiger partial charge < -0.3 is 10.2 Å². The van der Waals surface area contributed by atoms with Crippen LogP contribution in [-0.4, -0.2) is 46.4 Å². The molecule has 0 aromatic carbocycles. The van der Waals surface area contributed by atoms with E-state index in [0.717, 1.165) is 23.0 Å². The molecule has 0 heterocycles. The number of aliphatic hydroxyl groups excluding tert-OH is 2. The van der Waals surface area contributed by atoms with E-state index < -0.39 is 0 Å². The third-order valence-electron chi connectivity index (χ3n) is 0.843. The Morgan fingerprint density at radius 1 is 0.727 bits per heavy atom. The summed E-state index contributed by atoms with van der Waals surface area (Å²) in [5.41, 5.74) is 0. The molecule has 0 unspecified atom stereocenters. The van der Waals surface area contributed by atoms with E-state index in [9.17, 15) is 0 Å². The van der Waals surface area contributed by atoms with Crippen molar-refractivity contribution in [1.29, 1.82) is 0 Å². The molecule has 0 aromatic rings. The second-order valence-electron chi connectivity index (χ2n) is 1.67. The van der Waals surface area contributed by atoms with Gasteiger partial charge in [-0.25, -0.2) is 0 Å².